The van der Waals surface area contributed by atoms with E-state index in [1.807, 2.05) is 0 Å². The number of aliphatic hydroxyl groups is 1. The van der Waals surface area contributed by atoms with Crippen LogP contribution in [0.3, 0.4) is 0 Å². The van der Waals surface area contributed by atoms with E-state index in [0.717, 1.165) is 18.9 Å². The van der Waals surface area contributed by atoms with E-state index in [2.05, 4.69) is 10.6 Å². The molecule has 164 valence electrons. The second kappa shape index (κ2) is 7.96. The molecule has 9 heteroatoms. The van der Waals surface area contributed by atoms with Gasteiger partial charge in [0.25, 0.3) is 11.8 Å². The number of nitrogens with one attached hydrogen (secondary N) is 2. The summed E-state index contributed by atoms with van der Waals surface area (Å²) in [5, 5.41) is 15.5. The summed E-state index contributed by atoms with van der Waals surface area (Å²) >= 11 is 0. The van der Waals surface area contributed by atoms with Crippen molar-refractivity contribution in [3.05, 3.63) is 64.5 Å². The Morgan fingerprint density at radius 2 is 1.94 bits per heavy atom. The van der Waals surface area contributed by atoms with Crippen molar-refractivity contribution in [2.45, 2.75) is 44.0 Å². The molecule has 31 heavy (non-hydrogen) atoms. The van der Waals surface area contributed by atoms with Crippen LogP contribution in [0.15, 0.2) is 36.4 Å². The van der Waals surface area contributed by atoms with Gasteiger partial charge < -0.3 is 15.7 Å². The standard InChI is InChI=1S/C22H20F4N2O3/c23-14-8-12(7-13(10-14)22(24,25)26)20(30)27-17-6-2-5-16-18(17)19(28-21(16)31)11-3-1-4-15(29)9-11/h2,5-8,10-11,15,19,29H,1,3-4,9H2,(H,27,30)(H,28,31)/t11?,15-,19+/m0/s1. The summed E-state index contributed by atoms with van der Waals surface area (Å²) in [5.41, 5.74) is -0.581. The molecular weight excluding hydrogens is 416 g/mol. The highest BCUT2D eigenvalue weighted by atomic mass is 19.4. The van der Waals surface area contributed by atoms with Crippen LogP contribution in [0.4, 0.5) is 23.2 Å². The minimum Gasteiger partial charge on any atom is -0.393 e. The fourth-order valence-corrected chi connectivity index (χ4v) is 4.43. The third-order valence-electron chi connectivity index (χ3n) is 5.84. The zero-order valence-electron chi connectivity index (χ0n) is 16.3. The van der Waals surface area contributed by atoms with E-state index in [-0.39, 0.29) is 17.5 Å². The third-order valence-corrected chi connectivity index (χ3v) is 5.84. The number of hydrogen-bond acceptors (Lipinski definition) is 3. The summed E-state index contributed by atoms with van der Waals surface area (Å²) in [4.78, 5) is 25.1. The van der Waals surface area contributed by atoms with E-state index in [1.54, 1.807) is 18.2 Å². The minimum absolute atomic E-state index is 0.0435. The second-order valence-corrected chi connectivity index (χ2v) is 7.98. The van der Waals surface area contributed by atoms with Gasteiger partial charge in [-0.25, -0.2) is 4.39 Å². The molecule has 2 amide bonds. The number of benzene rings is 2. The van der Waals surface area contributed by atoms with Crippen molar-refractivity contribution in [3.8, 4) is 0 Å². The van der Waals surface area contributed by atoms with Gasteiger partial charge in [0.15, 0.2) is 0 Å². The summed E-state index contributed by atoms with van der Waals surface area (Å²) in [7, 11) is 0. The molecule has 2 aliphatic rings. The zero-order valence-corrected chi connectivity index (χ0v) is 16.3. The fraction of sp³-hybridized carbons (Fsp3) is 0.364. The molecule has 1 unspecified atom stereocenters. The van der Waals surface area contributed by atoms with Gasteiger partial charge in [0.05, 0.1) is 17.7 Å². The van der Waals surface area contributed by atoms with Crippen LogP contribution in [-0.2, 0) is 6.18 Å². The van der Waals surface area contributed by atoms with Gasteiger partial charge in [0.2, 0.25) is 0 Å². The first-order valence-electron chi connectivity index (χ1n) is 9.94. The maximum atomic E-state index is 13.7. The van der Waals surface area contributed by atoms with Crippen LogP contribution in [-0.4, -0.2) is 23.0 Å². The highest BCUT2D eigenvalue weighted by molar-refractivity contribution is 6.07. The molecule has 1 heterocycles. The highest BCUT2D eigenvalue weighted by Gasteiger charge is 2.38. The van der Waals surface area contributed by atoms with Crippen molar-refractivity contribution in [1.82, 2.24) is 5.32 Å². The van der Waals surface area contributed by atoms with Gasteiger partial charge in [0.1, 0.15) is 5.82 Å². The summed E-state index contributed by atoms with van der Waals surface area (Å²) in [5.74, 6) is -2.45. The number of amides is 2. The molecule has 0 spiro atoms. The van der Waals surface area contributed by atoms with E-state index in [9.17, 15) is 32.3 Å². The lowest BCUT2D eigenvalue weighted by molar-refractivity contribution is -0.137. The molecule has 1 aliphatic heterocycles. The Morgan fingerprint density at radius 1 is 1.16 bits per heavy atom. The lowest BCUT2D eigenvalue weighted by atomic mass is 9.80. The molecule has 0 radical (unpaired) electrons. The lowest BCUT2D eigenvalue weighted by Gasteiger charge is -2.31. The van der Waals surface area contributed by atoms with Crippen molar-refractivity contribution in [2.24, 2.45) is 5.92 Å². The molecule has 1 aliphatic carbocycles. The second-order valence-electron chi connectivity index (χ2n) is 7.98. The Labute approximate surface area is 175 Å². The van der Waals surface area contributed by atoms with E-state index in [1.165, 1.54) is 0 Å². The molecule has 5 nitrogen and oxygen atoms in total. The van der Waals surface area contributed by atoms with Crippen LogP contribution in [0.5, 0.6) is 0 Å². The molecule has 3 N–H and O–H groups in total. The smallest absolute Gasteiger partial charge is 0.393 e. The largest absolute Gasteiger partial charge is 0.416 e. The summed E-state index contributed by atoms with van der Waals surface area (Å²) in [6.45, 7) is 0. The average molecular weight is 436 g/mol. The summed E-state index contributed by atoms with van der Waals surface area (Å²) in [6.07, 6.45) is -2.52. The van der Waals surface area contributed by atoms with Crippen molar-refractivity contribution in [3.63, 3.8) is 0 Å². The van der Waals surface area contributed by atoms with Crippen LogP contribution < -0.4 is 10.6 Å². The van der Waals surface area contributed by atoms with Gasteiger partial charge >= 0.3 is 6.18 Å². The Kier molecular flexibility index (Phi) is 5.47. The van der Waals surface area contributed by atoms with Crippen molar-refractivity contribution in [1.29, 1.82) is 0 Å². The van der Waals surface area contributed by atoms with Gasteiger partial charge in [-0.2, -0.15) is 13.2 Å². The Balaban J connectivity index is 1.66. The van der Waals surface area contributed by atoms with Gasteiger partial charge in [-0.15, -0.1) is 0 Å². The number of fused-ring (bicyclic) bond motifs is 1. The van der Waals surface area contributed by atoms with Crippen molar-refractivity contribution < 1.29 is 32.3 Å². The molecule has 0 saturated heterocycles. The number of anilines is 1. The van der Waals surface area contributed by atoms with Crippen molar-refractivity contribution >= 4 is 17.5 Å². The minimum atomic E-state index is -4.80. The fourth-order valence-electron chi connectivity index (χ4n) is 4.43. The number of halogens is 4. The molecule has 4 rings (SSSR count). The average Bonchev–Trinajstić information content (AvgIpc) is 3.05. The molecule has 2 aromatic rings. The Hall–Kier alpha value is -2.94. The molecule has 0 bridgehead atoms. The van der Waals surface area contributed by atoms with Gasteiger partial charge in [-0.1, -0.05) is 12.5 Å². The first-order chi connectivity index (χ1) is 14.6. The third kappa shape index (κ3) is 4.27. The van der Waals surface area contributed by atoms with E-state index in [0.29, 0.717) is 36.1 Å². The first kappa shape index (κ1) is 21.3. The molecule has 0 aromatic heterocycles. The van der Waals surface area contributed by atoms with Crippen LogP contribution in [0.25, 0.3) is 0 Å². The van der Waals surface area contributed by atoms with Crippen LogP contribution in [0.2, 0.25) is 0 Å². The summed E-state index contributed by atoms with van der Waals surface area (Å²) < 4.78 is 52.7. The molecule has 1 saturated carbocycles. The lowest BCUT2D eigenvalue weighted by Crippen LogP contribution is -2.31. The number of rotatable bonds is 3. The Morgan fingerprint density at radius 3 is 2.65 bits per heavy atom. The van der Waals surface area contributed by atoms with E-state index >= 15 is 0 Å². The number of aliphatic hydroxyl groups excluding tert-OH is 1. The maximum absolute atomic E-state index is 13.7. The SMILES string of the molecule is O=C(Nc1cccc2c1[C@@H](C1CCC[C@H](O)C1)NC2=O)c1cc(F)cc(C(F)(F)F)c1. The first-order valence-corrected chi connectivity index (χ1v) is 9.94. The van der Waals surface area contributed by atoms with E-state index in [4.69, 9.17) is 0 Å². The van der Waals surface area contributed by atoms with Crippen LogP contribution in [0, 0.1) is 11.7 Å². The molecule has 1 fully saturated rings. The van der Waals surface area contributed by atoms with Crippen molar-refractivity contribution in [2.75, 3.05) is 5.32 Å². The van der Waals surface area contributed by atoms with Gasteiger partial charge in [-0.05, 0) is 55.5 Å². The van der Waals surface area contributed by atoms with E-state index < -0.39 is 41.2 Å². The predicted molar refractivity (Wildman–Crippen MR) is 104 cm³/mol. The van der Waals surface area contributed by atoms with Gasteiger partial charge in [0, 0.05) is 22.4 Å². The molecule has 3 atom stereocenters. The zero-order chi connectivity index (χ0) is 22.3. The number of hydrogen-bond donors (Lipinski definition) is 3. The predicted octanol–water partition coefficient (Wildman–Crippen LogP) is 4.43. The topological polar surface area (TPSA) is 78.4 Å². The number of carbonyl (C=O) groups excluding carboxylic acids is 2. The quantitative estimate of drug-likeness (QED) is 0.623. The highest BCUT2D eigenvalue weighted by Crippen LogP contribution is 2.42. The Bertz CT molecular complexity index is 1040. The normalized spacial score (nSPS) is 23.3. The van der Waals surface area contributed by atoms with Crippen LogP contribution in [0.1, 0.15) is 63.6 Å². The summed E-state index contributed by atoms with van der Waals surface area (Å²) in [6, 6.07) is 5.90. The van der Waals surface area contributed by atoms with Crippen LogP contribution >= 0.6 is 0 Å². The molecule has 2 aromatic carbocycles. The maximum Gasteiger partial charge on any atom is 0.416 e. The molecular formula is C22H20F4N2O3. The van der Waals surface area contributed by atoms with Gasteiger partial charge in [-0.3, -0.25) is 9.59 Å². The number of carbonyl (C=O) groups is 2. The number of alkyl halides is 3. The monoisotopic (exact) mass is 436 g/mol.